The number of benzene rings is 1. The lowest BCUT2D eigenvalue weighted by Crippen LogP contribution is -2.10. The van der Waals surface area contributed by atoms with E-state index in [1.54, 1.807) is 0 Å². The fourth-order valence-corrected chi connectivity index (χ4v) is 2.44. The Morgan fingerprint density at radius 3 is 2.50 bits per heavy atom. The van der Waals surface area contributed by atoms with Gasteiger partial charge in [0, 0.05) is 12.5 Å². The Kier molecular flexibility index (Phi) is 5.54. The maximum atomic E-state index is 9.52. The maximum absolute atomic E-state index is 9.52. The van der Waals surface area contributed by atoms with E-state index in [4.69, 9.17) is 0 Å². The van der Waals surface area contributed by atoms with Crippen LogP contribution in [0.25, 0.3) is 0 Å². The van der Waals surface area contributed by atoms with Crippen molar-refractivity contribution in [1.29, 1.82) is 0 Å². The van der Waals surface area contributed by atoms with Gasteiger partial charge in [-0.15, -0.1) is 0 Å². The molecular weight excluding hydrogens is 196 g/mol. The van der Waals surface area contributed by atoms with Crippen molar-refractivity contribution in [2.75, 3.05) is 6.61 Å². The summed E-state index contributed by atoms with van der Waals surface area (Å²) in [4.78, 5) is 0. The van der Waals surface area contributed by atoms with Crippen LogP contribution in [0.5, 0.6) is 0 Å². The zero-order valence-electron chi connectivity index (χ0n) is 10.7. The van der Waals surface area contributed by atoms with Gasteiger partial charge in [0.1, 0.15) is 0 Å². The summed E-state index contributed by atoms with van der Waals surface area (Å²) in [5, 5.41) is 9.52. The van der Waals surface area contributed by atoms with Crippen molar-refractivity contribution in [2.24, 2.45) is 5.92 Å². The van der Waals surface area contributed by atoms with Crippen LogP contribution < -0.4 is 0 Å². The minimum atomic E-state index is 0.263. The van der Waals surface area contributed by atoms with Crippen molar-refractivity contribution >= 4 is 0 Å². The third-order valence-electron chi connectivity index (χ3n) is 3.32. The summed E-state index contributed by atoms with van der Waals surface area (Å²) in [7, 11) is 0. The molecule has 0 saturated carbocycles. The minimum Gasteiger partial charge on any atom is -0.396 e. The second kappa shape index (κ2) is 6.70. The molecule has 0 aliphatic carbocycles. The Labute approximate surface area is 99.5 Å². The first-order valence-electron chi connectivity index (χ1n) is 6.35. The van der Waals surface area contributed by atoms with Gasteiger partial charge >= 0.3 is 0 Å². The lowest BCUT2D eigenvalue weighted by molar-refractivity contribution is 0.243. The normalized spacial score (nSPS) is 14.8. The number of aliphatic hydroxyl groups is 1. The van der Waals surface area contributed by atoms with Gasteiger partial charge in [-0.3, -0.25) is 0 Å². The molecule has 90 valence electrons. The van der Waals surface area contributed by atoms with Crippen molar-refractivity contribution in [3.8, 4) is 0 Å². The Balaban J connectivity index is 2.71. The van der Waals surface area contributed by atoms with E-state index in [0.29, 0.717) is 11.8 Å². The van der Waals surface area contributed by atoms with Crippen LogP contribution in [0.2, 0.25) is 0 Å². The molecule has 0 fully saturated rings. The standard InChI is InChI=1S/C15H24O/c1-4-7-12(2)10-14(11-16)15-9-6-5-8-13(15)3/h5-6,8-9,12,14,16H,4,7,10-11H2,1-3H3. The van der Waals surface area contributed by atoms with Gasteiger partial charge in [0.15, 0.2) is 0 Å². The number of hydrogen-bond donors (Lipinski definition) is 1. The van der Waals surface area contributed by atoms with Crippen molar-refractivity contribution in [2.45, 2.75) is 46.0 Å². The largest absolute Gasteiger partial charge is 0.396 e. The smallest absolute Gasteiger partial charge is 0.0499 e. The topological polar surface area (TPSA) is 20.2 Å². The van der Waals surface area contributed by atoms with E-state index in [2.05, 4.69) is 45.0 Å². The zero-order valence-corrected chi connectivity index (χ0v) is 10.7. The highest BCUT2D eigenvalue weighted by atomic mass is 16.3. The molecule has 2 unspecified atom stereocenters. The monoisotopic (exact) mass is 220 g/mol. The first-order valence-corrected chi connectivity index (χ1v) is 6.35. The minimum absolute atomic E-state index is 0.263. The van der Waals surface area contributed by atoms with E-state index in [-0.39, 0.29) is 6.61 Å². The average molecular weight is 220 g/mol. The van der Waals surface area contributed by atoms with Gasteiger partial charge in [-0.05, 0) is 30.4 Å². The van der Waals surface area contributed by atoms with Gasteiger partial charge in [-0.1, -0.05) is 51.0 Å². The molecule has 0 radical (unpaired) electrons. The number of hydrogen-bond acceptors (Lipinski definition) is 1. The quantitative estimate of drug-likeness (QED) is 0.771. The third-order valence-corrected chi connectivity index (χ3v) is 3.32. The van der Waals surface area contributed by atoms with Gasteiger partial charge < -0.3 is 5.11 Å². The second-order valence-electron chi connectivity index (χ2n) is 4.87. The molecule has 0 heterocycles. The first kappa shape index (κ1) is 13.2. The zero-order chi connectivity index (χ0) is 12.0. The molecule has 0 bridgehead atoms. The van der Waals surface area contributed by atoms with E-state index in [9.17, 15) is 5.11 Å². The van der Waals surface area contributed by atoms with Crippen molar-refractivity contribution in [3.63, 3.8) is 0 Å². The molecule has 0 aliphatic rings. The highest BCUT2D eigenvalue weighted by Crippen LogP contribution is 2.27. The molecule has 0 saturated heterocycles. The molecular formula is C15H24O. The highest BCUT2D eigenvalue weighted by molar-refractivity contribution is 5.29. The van der Waals surface area contributed by atoms with E-state index < -0.39 is 0 Å². The van der Waals surface area contributed by atoms with Crippen LogP contribution in [0.3, 0.4) is 0 Å². The fourth-order valence-electron chi connectivity index (χ4n) is 2.44. The molecule has 0 aliphatic heterocycles. The second-order valence-corrected chi connectivity index (χ2v) is 4.87. The van der Waals surface area contributed by atoms with Crippen LogP contribution in [-0.4, -0.2) is 11.7 Å². The molecule has 2 atom stereocenters. The molecule has 1 aromatic rings. The lowest BCUT2D eigenvalue weighted by atomic mass is 9.86. The van der Waals surface area contributed by atoms with E-state index in [0.717, 1.165) is 6.42 Å². The molecule has 16 heavy (non-hydrogen) atoms. The number of aryl methyl sites for hydroxylation is 1. The van der Waals surface area contributed by atoms with Gasteiger partial charge in [0.05, 0.1) is 0 Å². The summed E-state index contributed by atoms with van der Waals surface area (Å²) in [5.74, 6) is 1.00. The van der Waals surface area contributed by atoms with Crippen LogP contribution in [0.1, 0.15) is 50.2 Å². The molecule has 1 aromatic carbocycles. The van der Waals surface area contributed by atoms with Crippen LogP contribution in [-0.2, 0) is 0 Å². The predicted octanol–water partition coefficient (Wildman–Crippen LogP) is 3.90. The SMILES string of the molecule is CCCC(C)CC(CO)c1ccccc1C. The molecule has 0 amide bonds. The van der Waals surface area contributed by atoms with Crippen LogP contribution in [0.4, 0.5) is 0 Å². The Bertz CT molecular complexity index is 306. The van der Waals surface area contributed by atoms with Crippen molar-refractivity contribution < 1.29 is 5.11 Å². The molecule has 1 N–H and O–H groups in total. The predicted molar refractivity (Wildman–Crippen MR) is 69.7 cm³/mol. The Morgan fingerprint density at radius 1 is 1.25 bits per heavy atom. The first-order chi connectivity index (χ1) is 7.69. The van der Waals surface area contributed by atoms with Gasteiger partial charge in [-0.2, -0.15) is 0 Å². The summed E-state index contributed by atoms with van der Waals surface area (Å²) in [6.45, 7) is 6.89. The Hall–Kier alpha value is -0.820. The maximum Gasteiger partial charge on any atom is 0.0499 e. The van der Waals surface area contributed by atoms with E-state index in [1.165, 1.54) is 24.0 Å². The average Bonchev–Trinajstić information content (AvgIpc) is 2.27. The van der Waals surface area contributed by atoms with Crippen molar-refractivity contribution in [3.05, 3.63) is 35.4 Å². The summed E-state index contributed by atoms with van der Waals surface area (Å²) in [6.07, 6.45) is 3.57. The van der Waals surface area contributed by atoms with Crippen molar-refractivity contribution in [1.82, 2.24) is 0 Å². The number of aliphatic hydroxyl groups excluding tert-OH is 1. The van der Waals surface area contributed by atoms with Gasteiger partial charge in [-0.25, -0.2) is 0 Å². The van der Waals surface area contributed by atoms with Gasteiger partial charge in [0.25, 0.3) is 0 Å². The molecule has 1 nitrogen and oxygen atoms in total. The van der Waals surface area contributed by atoms with Gasteiger partial charge in [0.2, 0.25) is 0 Å². The summed E-state index contributed by atoms with van der Waals surface area (Å²) in [5.41, 5.74) is 2.61. The van der Waals surface area contributed by atoms with Crippen LogP contribution >= 0.6 is 0 Å². The number of rotatable bonds is 6. The third kappa shape index (κ3) is 3.64. The van der Waals surface area contributed by atoms with Crippen LogP contribution in [0, 0.1) is 12.8 Å². The summed E-state index contributed by atoms with van der Waals surface area (Å²) >= 11 is 0. The lowest BCUT2D eigenvalue weighted by Gasteiger charge is -2.20. The highest BCUT2D eigenvalue weighted by Gasteiger charge is 2.15. The molecule has 0 aromatic heterocycles. The molecule has 1 rings (SSSR count). The van der Waals surface area contributed by atoms with E-state index >= 15 is 0 Å². The summed E-state index contributed by atoms with van der Waals surface area (Å²) in [6, 6.07) is 8.40. The molecule has 1 heteroatoms. The summed E-state index contributed by atoms with van der Waals surface area (Å²) < 4.78 is 0. The fraction of sp³-hybridized carbons (Fsp3) is 0.600. The van der Waals surface area contributed by atoms with Crippen LogP contribution in [0.15, 0.2) is 24.3 Å². The van der Waals surface area contributed by atoms with E-state index in [1.807, 2.05) is 0 Å². The molecule has 0 spiro atoms. The Morgan fingerprint density at radius 2 is 1.94 bits per heavy atom.